The fourth-order valence-electron chi connectivity index (χ4n) is 1.79. The highest BCUT2D eigenvalue weighted by atomic mass is 16.4. The molecule has 0 saturated carbocycles. The van der Waals surface area contributed by atoms with Crippen LogP contribution in [0.5, 0.6) is 0 Å². The van der Waals surface area contributed by atoms with E-state index < -0.39 is 0 Å². The number of benzene rings is 1. The van der Waals surface area contributed by atoms with E-state index in [-0.39, 0.29) is 11.7 Å². The summed E-state index contributed by atoms with van der Waals surface area (Å²) in [4.78, 5) is 16.0. The zero-order valence-corrected chi connectivity index (χ0v) is 11.1. The van der Waals surface area contributed by atoms with E-state index in [1.165, 1.54) is 6.20 Å². The van der Waals surface area contributed by atoms with Crippen LogP contribution in [0, 0.1) is 13.8 Å². The molecule has 3 N–H and O–H groups in total. The molecule has 0 radical (unpaired) electrons. The molecule has 2 rings (SSSR count). The maximum atomic E-state index is 12.0. The third-order valence-electron chi connectivity index (χ3n) is 2.77. The van der Waals surface area contributed by atoms with Crippen molar-refractivity contribution >= 4 is 11.6 Å². The summed E-state index contributed by atoms with van der Waals surface area (Å²) in [5.74, 6) is 0.374. The quantitative estimate of drug-likeness (QED) is 0.880. The summed E-state index contributed by atoms with van der Waals surface area (Å²) in [6, 6.07) is 5.83. The van der Waals surface area contributed by atoms with E-state index in [9.17, 15) is 4.79 Å². The Kier molecular flexibility index (Phi) is 3.97. The van der Waals surface area contributed by atoms with Gasteiger partial charge in [-0.1, -0.05) is 17.7 Å². The van der Waals surface area contributed by atoms with Gasteiger partial charge in [-0.25, -0.2) is 4.98 Å². The Morgan fingerprint density at radius 1 is 1.42 bits per heavy atom. The van der Waals surface area contributed by atoms with Gasteiger partial charge in [0.1, 0.15) is 0 Å². The first kappa shape index (κ1) is 13.3. The van der Waals surface area contributed by atoms with E-state index in [1.807, 2.05) is 32.0 Å². The molecule has 0 atom stereocenters. The van der Waals surface area contributed by atoms with Crippen LogP contribution in [-0.2, 0) is 6.42 Å². The first-order chi connectivity index (χ1) is 9.10. The fraction of sp³-hybridized carbons (Fsp3) is 0.286. The van der Waals surface area contributed by atoms with Crippen molar-refractivity contribution in [1.82, 2.24) is 4.98 Å². The largest absolute Gasteiger partial charge is 0.435 e. The van der Waals surface area contributed by atoms with Crippen LogP contribution in [0.1, 0.15) is 27.6 Å². The predicted octanol–water partition coefficient (Wildman–Crippen LogP) is 2.04. The number of amides is 1. The van der Waals surface area contributed by atoms with Crippen LogP contribution >= 0.6 is 0 Å². The molecule has 1 heterocycles. The number of hydrogen-bond acceptors (Lipinski definition) is 4. The second-order valence-electron chi connectivity index (χ2n) is 4.43. The molecule has 1 aromatic carbocycles. The molecule has 0 aliphatic rings. The molecule has 0 aliphatic heterocycles. The second-order valence-corrected chi connectivity index (χ2v) is 4.43. The van der Waals surface area contributed by atoms with E-state index in [1.54, 1.807) is 0 Å². The maximum Gasteiger partial charge on any atom is 0.293 e. The van der Waals surface area contributed by atoms with Crippen molar-refractivity contribution in [2.75, 3.05) is 11.9 Å². The first-order valence-electron chi connectivity index (χ1n) is 6.13. The molecule has 19 heavy (non-hydrogen) atoms. The molecule has 1 amide bonds. The van der Waals surface area contributed by atoms with Crippen molar-refractivity contribution in [3.05, 3.63) is 47.2 Å². The highest BCUT2D eigenvalue weighted by Gasteiger charge is 2.13. The minimum absolute atomic E-state index is 0.198. The average Bonchev–Trinajstić information content (AvgIpc) is 2.82. The van der Waals surface area contributed by atoms with Gasteiger partial charge in [-0.3, -0.25) is 4.79 Å². The number of oxazole rings is 1. The molecule has 0 unspecified atom stereocenters. The number of nitrogens with zero attached hydrogens (tertiary/aromatic N) is 1. The number of nitrogens with two attached hydrogens (primary N) is 1. The summed E-state index contributed by atoms with van der Waals surface area (Å²) in [5, 5.41) is 2.81. The number of aryl methyl sites for hydroxylation is 2. The lowest BCUT2D eigenvalue weighted by Crippen LogP contribution is -2.12. The number of rotatable bonds is 4. The monoisotopic (exact) mass is 259 g/mol. The van der Waals surface area contributed by atoms with E-state index in [0.717, 1.165) is 16.8 Å². The lowest BCUT2D eigenvalue weighted by Gasteiger charge is -2.07. The molecule has 100 valence electrons. The van der Waals surface area contributed by atoms with Gasteiger partial charge in [-0.05, 0) is 25.5 Å². The molecule has 0 aliphatic carbocycles. The number of hydrogen-bond donors (Lipinski definition) is 2. The standard InChI is InChI=1S/C14H17N3O2/c1-9-3-4-11(10(2)7-9)17-14(18)12-8-16-13(19-12)5-6-15/h3-4,7-8H,5-6,15H2,1-2H3,(H,17,18). The lowest BCUT2D eigenvalue weighted by atomic mass is 10.1. The summed E-state index contributed by atoms with van der Waals surface area (Å²) in [6.45, 7) is 4.40. The van der Waals surface area contributed by atoms with E-state index >= 15 is 0 Å². The van der Waals surface area contributed by atoms with E-state index in [4.69, 9.17) is 10.2 Å². The Morgan fingerprint density at radius 3 is 2.89 bits per heavy atom. The van der Waals surface area contributed by atoms with Gasteiger partial charge in [-0.15, -0.1) is 0 Å². The van der Waals surface area contributed by atoms with Gasteiger partial charge in [0.15, 0.2) is 5.89 Å². The van der Waals surface area contributed by atoms with Gasteiger partial charge in [0, 0.05) is 18.7 Å². The van der Waals surface area contributed by atoms with Gasteiger partial charge in [0.05, 0.1) is 6.20 Å². The number of carbonyl (C=O) groups excluding carboxylic acids is 1. The van der Waals surface area contributed by atoms with Crippen LogP contribution in [0.2, 0.25) is 0 Å². The third kappa shape index (κ3) is 3.20. The van der Waals surface area contributed by atoms with Crippen molar-refractivity contribution in [1.29, 1.82) is 0 Å². The zero-order chi connectivity index (χ0) is 13.8. The van der Waals surface area contributed by atoms with Crippen molar-refractivity contribution in [2.45, 2.75) is 20.3 Å². The maximum absolute atomic E-state index is 12.0. The van der Waals surface area contributed by atoms with Crippen LogP contribution in [0.25, 0.3) is 0 Å². The topological polar surface area (TPSA) is 81.2 Å². The van der Waals surface area contributed by atoms with Crippen molar-refractivity contribution in [3.8, 4) is 0 Å². The van der Waals surface area contributed by atoms with Crippen molar-refractivity contribution < 1.29 is 9.21 Å². The molecule has 0 fully saturated rings. The van der Waals surface area contributed by atoms with Crippen LogP contribution in [0.3, 0.4) is 0 Å². The third-order valence-corrected chi connectivity index (χ3v) is 2.77. The molecular formula is C14H17N3O2. The highest BCUT2D eigenvalue weighted by molar-refractivity contribution is 6.02. The minimum atomic E-state index is -0.303. The van der Waals surface area contributed by atoms with Gasteiger partial charge < -0.3 is 15.5 Å². The Labute approximate surface area is 111 Å². The van der Waals surface area contributed by atoms with Crippen LogP contribution in [0.4, 0.5) is 5.69 Å². The summed E-state index contributed by atoms with van der Waals surface area (Å²) >= 11 is 0. The van der Waals surface area contributed by atoms with Gasteiger partial charge >= 0.3 is 0 Å². The second kappa shape index (κ2) is 5.67. The van der Waals surface area contributed by atoms with Crippen LogP contribution in [-0.4, -0.2) is 17.4 Å². The van der Waals surface area contributed by atoms with Gasteiger partial charge in [0.25, 0.3) is 5.91 Å². The molecular weight excluding hydrogens is 242 g/mol. The molecule has 0 spiro atoms. The van der Waals surface area contributed by atoms with Crippen molar-refractivity contribution in [3.63, 3.8) is 0 Å². The summed E-state index contributed by atoms with van der Waals surface area (Å²) in [7, 11) is 0. The molecule has 1 aromatic heterocycles. The summed E-state index contributed by atoms with van der Waals surface area (Å²) < 4.78 is 5.32. The summed E-state index contributed by atoms with van der Waals surface area (Å²) in [5.41, 5.74) is 8.34. The molecule has 2 aromatic rings. The van der Waals surface area contributed by atoms with Crippen LogP contribution in [0.15, 0.2) is 28.8 Å². The van der Waals surface area contributed by atoms with Gasteiger partial charge in [0.2, 0.25) is 5.76 Å². The number of aromatic nitrogens is 1. The Morgan fingerprint density at radius 2 is 2.21 bits per heavy atom. The lowest BCUT2D eigenvalue weighted by molar-refractivity contribution is 0.0995. The van der Waals surface area contributed by atoms with Crippen LogP contribution < -0.4 is 11.1 Å². The number of nitrogens with one attached hydrogen (secondary N) is 1. The normalized spacial score (nSPS) is 10.5. The SMILES string of the molecule is Cc1ccc(NC(=O)c2cnc(CCN)o2)c(C)c1. The smallest absolute Gasteiger partial charge is 0.293 e. The Hall–Kier alpha value is -2.14. The van der Waals surface area contributed by atoms with Crippen molar-refractivity contribution in [2.24, 2.45) is 5.73 Å². The predicted molar refractivity (Wildman–Crippen MR) is 73.1 cm³/mol. The molecule has 5 heteroatoms. The van der Waals surface area contributed by atoms with Gasteiger partial charge in [-0.2, -0.15) is 0 Å². The minimum Gasteiger partial charge on any atom is -0.435 e. The Balaban J connectivity index is 2.11. The number of anilines is 1. The zero-order valence-electron chi connectivity index (χ0n) is 11.1. The molecule has 5 nitrogen and oxygen atoms in total. The molecule has 0 saturated heterocycles. The molecule has 0 bridgehead atoms. The Bertz CT molecular complexity index is 590. The average molecular weight is 259 g/mol. The first-order valence-corrected chi connectivity index (χ1v) is 6.13. The van der Waals surface area contributed by atoms with E-state index in [2.05, 4.69) is 10.3 Å². The van der Waals surface area contributed by atoms with E-state index in [0.29, 0.717) is 18.9 Å². The number of carbonyl (C=O) groups is 1. The highest BCUT2D eigenvalue weighted by Crippen LogP contribution is 2.17. The fourth-order valence-corrected chi connectivity index (χ4v) is 1.79. The summed E-state index contributed by atoms with van der Waals surface area (Å²) in [6.07, 6.45) is 1.95.